The zero-order valence-corrected chi connectivity index (χ0v) is 12.1. The molecule has 0 aliphatic carbocycles. The highest BCUT2D eigenvalue weighted by Crippen LogP contribution is 2.39. The number of aromatic nitrogens is 2. The lowest BCUT2D eigenvalue weighted by atomic mass is 9.89. The summed E-state index contributed by atoms with van der Waals surface area (Å²) in [4.78, 5) is 8.24. The molecule has 6 heteroatoms. The summed E-state index contributed by atoms with van der Waals surface area (Å²) in [5.41, 5.74) is 1.39. The molecule has 106 valence electrons. The summed E-state index contributed by atoms with van der Waals surface area (Å²) >= 11 is 0. The Morgan fingerprint density at radius 1 is 1.30 bits per heavy atom. The van der Waals surface area contributed by atoms with Crippen molar-refractivity contribution < 1.29 is 8.42 Å². The number of sulfone groups is 1. The Labute approximate surface area is 117 Å². The van der Waals surface area contributed by atoms with Crippen molar-refractivity contribution in [2.45, 2.75) is 42.2 Å². The summed E-state index contributed by atoms with van der Waals surface area (Å²) in [6.45, 7) is 0. The minimum Gasteiger partial charge on any atom is -0.342 e. The van der Waals surface area contributed by atoms with Crippen LogP contribution in [0.4, 0.5) is 0 Å². The van der Waals surface area contributed by atoms with E-state index in [0.717, 1.165) is 17.8 Å². The van der Waals surface area contributed by atoms with Crippen LogP contribution in [0, 0.1) is 0 Å². The van der Waals surface area contributed by atoms with Gasteiger partial charge in [-0.1, -0.05) is 6.07 Å². The van der Waals surface area contributed by atoms with Crippen molar-refractivity contribution in [1.29, 1.82) is 0 Å². The molecule has 0 amide bonds. The van der Waals surface area contributed by atoms with Crippen molar-refractivity contribution in [3.63, 3.8) is 0 Å². The molecular formula is C14H17N3O2S. The number of aromatic amines is 1. The van der Waals surface area contributed by atoms with Crippen molar-refractivity contribution in [3.05, 3.63) is 24.0 Å². The Bertz CT molecular complexity index is 781. The van der Waals surface area contributed by atoms with Gasteiger partial charge >= 0.3 is 0 Å². The van der Waals surface area contributed by atoms with Crippen LogP contribution in [-0.4, -0.2) is 36.7 Å². The first kappa shape index (κ1) is 12.3. The second kappa shape index (κ2) is 4.05. The third-order valence-electron chi connectivity index (χ3n) is 4.54. The van der Waals surface area contributed by atoms with E-state index in [2.05, 4.69) is 15.3 Å². The third kappa shape index (κ3) is 1.78. The Kier molecular flexibility index (Phi) is 2.50. The van der Waals surface area contributed by atoms with Gasteiger partial charge in [-0.15, -0.1) is 0 Å². The number of hydrogen-bond acceptors (Lipinski definition) is 4. The topological polar surface area (TPSA) is 74.8 Å². The van der Waals surface area contributed by atoms with Crippen molar-refractivity contribution in [3.8, 4) is 0 Å². The van der Waals surface area contributed by atoms with E-state index in [9.17, 15) is 8.42 Å². The monoisotopic (exact) mass is 291 g/mol. The molecule has 2 aliphatic rings. The fraction of sp³-hybridized carbons (Fsp3) is 0.500. The van der Waals surface area contributed by atoms with E-state index in [-0.39, 0.29) is 0 Å². The van der Waals surface area contributed by atoms with E-state index in [1.807, 2.05) is 6.07 Å². The number of H-pyrrole nitrogens is 1. The normalized spacial score (nSPS) is 29.4. The van der Waals surface area contributed by atoms with Gasteiger partial charge in [0.1, 0.15) is 11.3 Å². The van der Waals surface area contributed by atoms with Crippen LogP contribution in [0.15, 0.2) is 23.1 Å². The maximum absolute atomic E-state index is 11.8. The van der Waals surface area contributed by atoms with E-state index >= 15 is 0 Å². The predicted molar refractivity (Wildman–Crippen MR) is 76.5 cm³/mol. The van der Waals surface area contributed by atoms with Gasteiger partial charge in [-0.3, -0.25) is 0 Å². The van der Waals surface area contributed by atoms with Gasteiger partial charge in [-0.2, -0.15) is 0 Å². The maximum Gasteiger partial charge on any atom is 0.177 e. The van der Waals surface area contributed by atoms with Crippen molar-refractivity contribution >= 4 is 20.9 Å². The number of fused-ring (bicyclic) bond motifs is 3. The maximum atomic E-state index is 11.8. The van der Waals surface area contributed by atoms with Gasteiger partial charge in [0.2, 0.25) is 0 Å². The number of hydrogen-bond donors (Lipinski definition) is 2. The van der Waals surface area contributed by atoms with Crippen molar-refractivity contribution in [2.24, 2.45) is 0 Å². The number of nitrogens with one attached hydrogen (secondary N) is 2. The van der Waals surface area contributed by atoms with Crippen LogP contribution in [0.2, 0.25) is 0 Å². The highest BCUT2D eigenvalue weighted by Gasteiger charge is 2.41. The SMILES string of the molecule is CS(=O)(=O)c1cccc2[nH]c(C3CC4CCC3N4)nc12. The molecule has 2 aliphatic heterocycles. The van der Waals surface area contributed by atoms with Crippen LogP contribution in [-0.2, 0) is 9.84 Å². The Morgan fingerprint density at radius 2 is 2.15 bits per heavy atom. The van der Waals surface area contributed by atoms with Crippen LogP contribution >= 0.6 is 0 Å². The van der Waals surface area contributed by atoms with Crippen LogP contribution in [0.25, 0.3) is 11.0 Å². The van der Waals surface area contributed by atoms with Gasteiger partial charge in [-0.05, 0) is 31.4 Å². The van der Waals surface area contributed by atoms with Gasteiger partial charge in [0.05, 0.1) is 10.4 Å². The molecule has 0 saturated carbocycles. The lowest BCUT2D eigenvalue weighted by molar-refractivity contribution is 0.490. The van der Waals surface area contributed by atoms with Crippen molar-refractivity contribution in [2.75, 3.05) is 6.26 Å². The molecule has 3 atom stereocenters. The summed E-state index contributed by atoms with van der Waals surface area (Å²) in [6.07, 6.45) is 4.76. The fourth-order valence-corrected chi connectivity index (χ4v) is 4.46. The number of para-hydroxylation sites is 1. The Hall–Kier alpha value is -1.40. The molecule has 2 fully saturated rings. The second-order valence-corrected chi connectivity index (χ2v) is 7.92. The summed E-state index contributed by atoms with van der Waals surface area (Å²) in [6, 6.07) is 6.37. The highest BCUT2D eigenvalue weighted by molar-refractivity contribution is 7.91. The average Bonchev–Trinajstić information content (AvgIpc) is 3.10. The molecule has 4 rings (SSSR count). The number of imidazole rings is 1. The van der Waals surface area contributed by atoms with E-state index < -0.39 is 9.84 Å². The minimum atomic E-state index is -3.25. The first-order valence-electron chi connectivity index (χ1n) is 6.97. The van der Waals surface area contributed by atoms with E-state index in [1.54, 1.807) is 12.1 Å². The van der Waals surface area contributed by atoms with Gasteiger partial charge in [0.15, 0.2) is 9.84 Å². The smallest absolute Gasteiger partial charge is 0.177 e. The second-order valence-electron chi connectivity index (χ2n) is 5.94. The molecular weight excluding hydrogens is 274 g/mol. The molecule has 2 aromatic rings. The molecule has 20 heavy (non-hydrogen) atoms. The van der Waals surface area contributed by atoms with Crippen LogP contribution < -0.4 is 5.32 Å². The lowest BCUT2D eigenvalue weighted by Gasteiger charge is -2.17. The van der Waals surface area contributed by atoms with Gasteiger partial charge < -0.3 is 10.3 Å². The molecule has 2 N–H and O–H groups in total. The summed E-state index contributed by atoms with van der Waals surface area (Å²) < 4.78 is 23.7. The van der Waals surface area contributed by atoms with Crippen molar-refractivity contribution in [1.82, 2.24) is 15.3 Å². The molecule has 2 bridgehead atoms. The molecule has 5 nitrogen and oxygen atoms in total. The molecule has 2 saturated heterocycles. The number of nitrogens with zero attached hydrogens (tertiary/aromatic N) is 1. The Balaban J connectivity index is 1.83. The Morgan fingerprint density at radius 3 is 2.80 bits per heavy atom. The minimum absolute atomic E-state index is 0.314. The van der Waals surface area contributed by atoms with E-state index in [4.69, 9.17) is 0 Å². The largest absolute Gasteiger partial charge is 0.342 e. The standard InChI is InChI=1S/C14H17N3O2S/c1-20(18,19)12-4-2-3-11-13(12)17-14(16-11)9-7-8-5-6-10(9)15-8/h2-4,8-10,15H,5-7H2,1H3,(H,16,17). The molecule has 1 aromatic carbocycles. The fourth-order valence-electron chi connectivity index (χ4n) is 3.63. The molecule has 0 radical (unpaired) electrons. The zero-order chi connectivity index (χ0) is 13.9. The number of benzene rings is 1. The highest BCUT2D eigenvalue weighted by atomic mass is 32.2. The van der Waals surface area contributed by atoms with E-state index in [0.29, 0.717) is 28.4 Å². The third-order valence-corrected chi connectivity index (χ3v) is 5.67. The quantitative estimate of drug-likeness (QED) is 0.881. The summed E-state index contributed by atoms with van der Waals surface area (Å²) in [5, 5.41) is 3.59. The predicted octanol–water partition coefficient (Wildman–Crippen LogP) is 1.57. The average molecular weight is 291 g/mol. The van der Waals surface area contributed by atoms with Crippen LogP contribution in [0.3, 0.4) is 0 Å². The lowest BCUT2D eigenvalue weighted by Crippen LogP contribution is -2.22. The molecule has 1 aromatic heterocycles. The van der Waals surface area contributed by atoms with Gasteiger partial charge in [0.25, 0.3) is 0 Å². The van der Waals surface area contributed by atoms with E-state index in [1.165, 1.54) is 19.1 Å². The first-order valence-corrected chi connectivity index (χ1v) is 8.86. The van der Waals surface area contributed by atoms with Gasteiger partial charge in [0, 0.05) is 24.3 Å². The van der Waals surface area contributed by atoms with Crippen LogP contribution in [0.5, 0.6) is 0 Å². The molecule has 3 unspecified atom stereocenters. The summed E-state index contributed by atoms with van der Waals surface area (Å²) in [7, 11) is -3.25. The first-order chi connectivity index (χ1) is 9.52. The molecule has 3 heterocycles. The molecule has 0 spiro atoms. The zero-order valence-electron chi connectivity index (χ0n) is 11.3. The van der Waals surface area contributed by atoms with Crippen LogP contribution in [0.1, 0.15) is 31.0 Å². The van der Waals surface area contributed by atoms with Gasteiger partial charge in [-0.25, -0.2) is 13.4 Å². The number of rotatable bonds is 2. The summed E-state index contributed by atoms with van der Waals surface area (Å²) in [5.74, 6) is 1.31.